The van der Waals surface area contributed by atoms with E-state index in [2.05, 4.69) is 17.1 Å². The maximum absolute atomic E-state index is 11.7. The van der Waals surface area contributed by atoms with Crippen molar-refractivity contribution in [2.45, 2.75) is 25.8 Å². The molecule has 0 aromatic heterocycles. The molecule has 0 saturated carbocycles. The molecule has 2 rings (SSSR count). The molecule has 2 aliphatic rings. The van der Waals surface area contributed by atoms with Gasteiger partial charge in [0, 0.05) is 24.9 Å². The van der Waals surface area contributed by atoms with Crippen LogP contribution in [0.4, 0.5) is 4.79 Å². The summed E-state index contributed by atoms with van der Waals surface area (Å²) in [6.45, 7) is 5.99. The van der Waals surface area contributed by atoms with Crippen LogP contribution in [0.2, 0.25) is 0 Å². The predicted molar refractivity (Wildman–Crippen MR) is 72.7 cm³/mol. The lowest BCUT2D eigenvalue weighted by molar-refractivity contribution is -0.121. The Morgan fingerprint density at radius 3 is 2.72 bits per heavy atom. The lowest BCUT2D eigenvalue weighted by atomic mass is 10.3. The van der Waals surface area contributed by atoms with E-state index in [4.69, 9.17) is 0 Å². The quantitative estimate of drug-likeness (QED) is 0.802. The normalized spacial score (nSPS) is 22.5. The smallest absolute Gasteiger partial charge is 0.282 e. The molecule has 1 atom stereocenters. The first-order valence-electron chi connectivity index (χ1n) is 6.59. The summed E-state index contributed by atoms with van der Waals surface area (Å²) in [6, 6.07) is 0.389. The highest BCUT2D eigenvalue weighted by atomic mass is 32.2. The molecule has 0 aliphatic carbocycles. The second-order valence-electron chi connectivity index (χ2n) is 4.93. The molecule has 5 nitrogen and oxygen atoms in total. The molecule has 0 radical (unpaired) electrons. The van der Waals surface area contributed by atoms with Gasteiger partial charge in [-0.1, -0.05) is 11.8 Å². The SMILES string of the molecule is CC(CNC(=O)CN1CCSC1=O)N1CCCC1. The highest BCUT2D eigenvalue weighted by molar-refractivity contribution is 8.13. The van der Waals surface area contributed by atoms with Crippen molar-refractivity contribution in [1.82, 2.24) is 15.1 Å². The van der Waals surface area contributed by atoms with Crippen LogP contribution in [0.15, 0.2) is 0 Å². The molecule has 1 unspecified atom stereocenters. The number of thioether (sulfide) groups is 1. The molecule has 2 heterocycles. The summed E-state index contributed by atoms with van der Waals surface area (Å²) in [5.41, 5.74) is 0. The van der Waals surface area contributed by atoms with Crippen LogP contribution in [0.5, 0.6) is 0 Å². The highest BCUT2D eigenvalue weighted by Crippen LogP contribution is 2.16. The standard InChI is InChI=1S/C12H21N3O2S/c1-10(14-4-2-3-5-14)8-13-11(16)9-15-6-7-18-12(15)17/h10H,2-9H2,1H3,(H,13,16). The van der Waals surface area contributed by atoms with Crippen LogP contribution in [0.25, 0.3) is 0 Å². The van der Waals surface area contributed by atoms with Gasteiger partial charge in [0.25, 0.3) is 5.24 Å². The van der Waals surface area contributed by atoms with Gasteiger partial charge in [0.1, 0.15) is 6.54 Å². The van der Waals surface area contributed by atoms with Crippen LogP contribution in [0, 0.1) is 0 Å². The maximum Gasteiger partial charge on any atom is 0.282 e. The Kier molecular flexibility index (Phi) is 4.88. The Morgan fingerprint density at radius 2 is 2.11 bits per heavy atom. The van der Waals surface area contributed by atoms with Crippen LogP contribution in [-0.2, 0) is 4.79 Å². The van der Waals surface area contributed by atoms with Gasteiger partial charge in [-0.05, 0) is 32.9 Å². The Balaban J connectivity index is 1.66. The summed E-state index contributed by atoms with van der Waals surface area (Å²) in [7, 11) is 0. The number of carbonyl (C=O) groups excluding carboxylic acids is 2. The van der Waals surface area contributed by atoms with Crippen molar-refractivity contribution in [3.63, 3.8) is 0 Å². The molecular formula is C12H21N3O2S. The van der Waals surface area contributed by atoms with E-state index in [9.17, 15) is 9.59 Å². The van der Waals surface area contributed by atoms with Gasteiger partial charge in [0.15, 0.2) is 0 Å². The zero-order chi connectivity index (χ0) is 13.0. The maximum atomic E-state index is 11.7. The number of carbonyl (C=O) groups is 2. The molecule has 2 fully saturated rings. The summed E-state index contributed by atoms with van der Waals surface area (Å²) in [4.78, 5) is 27.1. The number of hydrogen-bond acceptors (Lipinski definition) is 4. The lowest BCUT2D eigenvalue weighted by Gasteiger charge is -2.24. The summed E-state index contributed by atoms with van der Waals surface area (Å²) < 4.78 is 0. The van der Waals surface area contributed by atoms with Gasteiger partial charge in [-0.15, -0.1) is 0 Å². The Morgan fingerprint density at radius 1 is 1.39 bits per heavy atom. The Hall–Kier alpha value is -0.750. The first-order valence-corrected chi connectivity index (χ1v) is 7.58. The van der Waals surface area contributed by atoms with Crippen molar-refractivity contribution in [2.24, 2.45) is 0 Å². The molecule has 0 aromatic carbocycles. The molecule has 1 N–H and O–H groups in total. The van der Waals surface area contributed by atoms with Gasteiger partial charge in [0.2, 0.25) is 5.91 Å². The lowest BCUT2D eigenvalue weighted by Crippen LogP contribution is -2.44. The van der Waals surface area contributed by atoms with E-state index < -0.39 is 0 Å². The summed E-state index contributed by atoms with van der Waals surface area (Å²) >= 11 is 1.29. The van der Waals surface area contributed by atoms with Gasteiger partial charge < -0.3 is 10.2 Å². The van der Waals surface area contributed by atoms with E-state index in [0.717, 1.165) is 18.8 Å². The van der Waals surface area contributed by atoms with Crippen molar-refractivity contribution in [2.75, 3.05) is 38.5 Å². The molecule has 2 saturated heterocycles. The topological polar surface area (TPSA) is 52.7 Å². The monoisotopic (exact) mass is 271 g/mol. The summed E-state index contributed by atoms with van der Waals surface area (Å²) in [6.07, 6.45) is 2.52. The molecular weight excluding hydrogens is 250 g/mol. The van der Waals surface area contributed by atoms with E-state index >= 15 is 0 Å². The molecule has 2 amide bonds. The number of amides is 2. The average molecular weight is 271 g/mol. The highest BCUT2D eigenvalue weighted by Gasteiger charge is 2.24. The summed E-state index contributed by atoms with van der Waals surface area (Å²) in [5, 5.41) is 2.95. The van der Waals surface area contributed by atoms with E-state index in [0.29, 0.717) is 19.1 Å². The third-order valence-corrected chi connectivity index (χ3v) is 4.43. The zero-order valence-corrected chi connectivity index (χ0v) is 11.7. The van der Waals surface area contributed by atoms with Gasteiger partial charge in [-0.25, -0.2) is 0 Å². The summed E-state index contributed by atoms with van der Waals surface area (Å²) in [5.74, 6) is 0.757. The van der Waals surface area contributed by atoms with Gasteiger partial charge in [-0.2, -0.15) is 0 Å². The fraction of sp³-hybridized carbons (Fsp3) is 0.833. The molecule has 18 heavy (non-hydrogen) atoms. The Bertz CT molecular complexity index is 318. The van der Waals surface area contributed by atoms with Crippen LogP contribution in [0.1, 0.15) is 19.8 Å². The number of rotatable bonds is 5. The fourth-order valence-electron chi connectivity index (χ4n) is 2.37. The number of nitrogens with zero attached hydrogens (tertiary/aromatic N) is 2. The molecule has 102 valence electrons. The van der Waals surface area contributed by atoms with E-state index in [1.807, 2.05) is 0 Å². The molecule has 0 spiro atoms. The first kappa shape index (κ1) is 13.7. The van der Waals surface area contributed by atoms with Crippen molar-refractivity contribution < 1.29 is 9.59 Å². The zero-order valence-electron chi connectivity index (χ0n) is 10.9. The molecule has 6 heteroatoms. The van der Waals surface area contributed by atoms with E-state index in [1.165, 1.54) is 24.6 Å². The molecule has 0 bridgehead atoms. The molecule has 0 aromatic rings. The van der Waals surface area contributed by atoms with Crippen LogP contribution >= 0.6 is 11.8 Å². The van der Waals surface area contributed by atoms with Crippen LogP contribution in [0.3, 0.4) is 0 Å². The van der Waals surface area contributed by atoms with E-state index in [1.54, 1.807) is 4.90 Å². The predicted octanol–water partition coefficient (Wildman–Crippen LogP) is 0.756. The third kappa shape index (κ3) is 3.62. The van der Waals surface area contributed by atoms with Crippen molar-refractivity contribution in [3.05, 3.63) is 0 Å². The minimum Gasteiger partial charge on any atom is -0.353 e. The second kappa shape index (κ2) is 6.43. The van der Waals surface area contributed by atoms with Gasteiger partial charge in [-0.3, -0.25) is 14.5 Å². The fourth-order valence-corrected chi connectivity index (χ4v) is 3.20. The van der Waals surface area contributed by atoms with Crippen molar-refractivity contribution in [3.8, 4) is 0 Å². The average Bonchev–Trinajstić information content (AvgIpc) is 2.99. The minimum atomic E-state index is -0.0445. The molecule has 2 aliphatic heterocycles. The number of hydrogen-bond donors (Lipinski definition) is 1. The minimum absolute atomic E-state index is 0.0257. The van der Waals surface area contributed by atoms with Crippen LogP contribution < -0.4 is 5.32 Å². The van der Waals surface area contributed by atoms with Crippen molar-refractivity contribution in [1.29, 1.82) is 0 Å². The number of likely N-dealkylation sites (tertiary alicyclic amines) is 1. The number of nitrogens with one attached hydrogen (secondary N) is 1. The second-order valence-corrected chi connectivity index (χ2v) is 5.98. The van der Waals surface area contributed by atoms with Gasteiger partial charge in [0.05, 0.1) is 0 Å². The third-order valence-electron chi connectivity index (χ3n) is 3.54. The Labute approximate surface area is 112 Å². The van der Waals surface area contributed by atoms with Crippen molar-refractivity contribution >= 4 is 22.9 Å². The first-order chi connectivity index (χ1) is 8.66. The van der Waals surface area contributed by atoms with Gasteiger partial charge >= 0.3 is 0 Å². The van der Waals surface area contributed by atoms with E-state index in [-0.39, 0.29) is 17.7 Å². The van der Waals surface area contributed by atoms with Crippen LogP contribution in [-0.4, -0.2) is 65.5 Å². The largest absolute Gasteiger partial charge is 0.353 e.